The molecule has 0 spiro atoms. The highest BCUT2D eigenvalue weighted by Gasteiger charge is 2.60. The first-order valence-corrected chi connectivity index (χ1v) is 9.52. The molecular formula is C18H26N2O4. The average molecular weight is 334 g/mol. The molecule has 0 aromatic heterocycles. The minimum Gasteiger partial charge on any atom is -0.381 e. The van der Waals surface area contributed by atoms with Crippen LogP contribution in [0.1, 0.15) is 25.7 Å². The van der Waals surface area contributed by atoms with E-state index in [2.05, 4.69) is 0 Å². The molecule has 2 amide bonds. The predicted molar refractivity (Wildman–Crippen MR) is 85.1 cm³/mol. The van der Waals surface area contributed by atoms with Crippen molar-refractivity contribution in [1.29, 1.82) is 0 Å². The summed E-state index contributed by atoms with van der Waals surface area (Å²) in [5, 5.41) is 0. The summed E-state index contributed by atoms with van der Waals surface area (Å²) < 4.78 is 11.3. The van der Waals surface area contributed by atoms with E-state index in [-0.39, 0.29) is 35.8 Å². The van der Waals surface area contributed by atoms with Gasteiger partial charge in [0.1, 0.15) is 0 Å². The van der Waals surface area contributed by atoms with E-state index in [1.807, 2.05) is 9.80 Å². The van der Waals surface area contributed by atoms with Gasteiger partial charge in [0.2, 0.25) is 11.8 Å². The first kappa shape index (κ1) is 15.1. The Morgan fingerprint density at radius 3 is 2.50 bits per heavy atom. The van der Waals surface area contributed by atoms with Crippen LogP contribution >= 0.6 is 0 Å². The maximum atomic E-state index is 13.1. The second kappa shape index (κ2) is 5.70. The zero-order chi connectivity index (χ0) is 16.3. The Hall–Kier alpha value is -1.14. The van der Waals surface area contributed by atoms with Crippen molar-refractivity contribution in [2.24, 2.45) is 23.7 Å². The van der Waals surface area contributed by atoms with Crippen LogP contribution in [0.5, 0.6) is 0 Å². The molecule has 6 atom stereocenters. The van der Waals surface area contributed by atoms with E-state index in [9.17, 15) is 9.59 Å². The zero-order valence-electron chi connectivity index (χ0n) is 14.1. The Morgan fingerprint density at radius 1 is 1.00 bits per heavy atom. The molecule has 6 heteroatoms. The van der Waals surface area contributed by atoms with Crippen molar-refractivity contribution in [2.75, 3.05) is 39.5 Å². The largest absolute Gasteiger partial charge is 0.381 e. The molecule has 5 fully saturated rings. The molecule has 0 aromatic carbocycles. The fraction of sp³-hybridized carbons (Fsp3) is 0.889. The summed E-state index contributed by atoms with van der Waals surface area (Å²) in [6.45, 7) is 4.52. The predicted octanol–water partition coefficient (Wildman–Crippen LogP) is 0.507. The lowest BCUT2D eigenvalue weighted by Gasteiger charge is -2.41. The van der Waals surface area contributed by atoms with Crippen LogP contribution in [0.15, 0.2) is 0 Å². The number of piperidine rings is 1. The normalized spacial score (nSPS) is 43.7. The SMILES string of the molecule is O=C([C@@H]1C[C@H]2OCC[C@H]2N(C(=O)C2[C@H]3COC[C@@H]23)C1)N1CCCC1. The third kappa shape index (κ3) is 2.30. The number of fused-ring (bicyclic) bond motifs is 2. The molecule has 0 radical (unpaired) electrons. The molecule has 0 N–H and O–H groups in total. The number of likely N-dealkylation sites (tertiary alicyclic amines) is 2. The number of nitrogens with zero attached hydrogens (tertiary/aromatic N) is 2. The number of hydrogen-bond acceptors (Lipinski definition) is 4. The molecule has 6 nitrogen and oxygen atoms in total. The van der Waals surface area contributed by atoms with Crippen molar-refractivity contribution in [2.45, 2.75) is 37.8 Å². The lowest BCUT2D eigenvalue weighted by atomic mass is 9.88. The second-order valence-electron chi connectivity index (χ2n) is 8.11. The first-order valence-electron chi connectivity index (χ1n) is 9.52. The Kier molecular flexibility index (Phi) is 3.59. The van der Waals surface area contributed by atoms with Gasteiger partial charge in [-0.15, -0.1) is 0 Å². The van der Waals surface area contributed by atoms with Crippen molar-refractivity contribution >= 4 is 11.8 Å². The topological polar surface area (TPSA) is 59.1 Å². The van der Waals surface area contributed by atoms with Gasteiger partial charge < -0.3 is 19.3 Å². The van der Waals surface area contributed by atoms with E-state index in [0.29, 0.717) is 25.0 Å². The molecule has 5 rings (SSSR count). The molecule has 0 aromatic rings. The van der Waals surface area contributed by atoms with Crippen LogP contribution < -0.4 is 0 Å². The molecule has 4 aliphatic heterocycles. The molecule has 0 bridgehead atoms. The lowest BCUT2D eigenvalue weighted by molar-refractivity contribution is -0.147. The van der Waals surface area contributed by atoms with Crippen molar-refractivity contribution in [1.82, 2.24) is 9.80 Å². The maximum absolute atomic E-state index is 13.1. The van der Waals surface area contributed by atoms with E-state index in [1.165, 1.54) is 0 Å². The maximum Gasteiger partial charge on any atom is 0.227 e. The second-order valence-corrected chi connectivity index (χ2v) is 8.11. The summed E-state index contributed by atoms with van der Waals surface area (Å²) >= 11 is 0. The highest BCUT2D eigenvalue weighted by atomic mass is 16.5. The van der Waals surface area contributed by atoms with Gasteiger partial charge in [-0.2, -0.15) is 0 Å². The van der Waals surface area contributed by atoms with Gasteiger partial charge in [-0.3, -0.25) is 9.59 Å². The van der Waals surface area contributed by atoms with Crippen LogP contribution in [0, 0.1) is 23.7 Å². The minimum absolute atomic E-state index is 0.0501. The van der Waals surface area contributed by atoms with Crippen LogP contribution in [0.2, 0.25) is 0 Å². The van der Waals surface area contributed by atoms with Crippen LogP contribution in [0.3, 0.4) is 0 Å². The molecule has 1 unspecified atom stereocenters. The number of amides is 2. The minimum atomic E-state index is -0.0822. The van der Waals surface area contributed by atoms with Gasteiger partial charge in [-0.25, -0.2) is 0 Å². The Morgan fingerprint density at radius 2 is 1.75 bits per heavy atom. The van der Waals surface area contributed by atoms with Crippen LogP contribution in [0.4, 0.5) is 0 Å². The van der Waals surface area contributed by atoms with Crippen molar-refractivity contribution in [3.05, 3.63) is 0 Å². The third-order valence-corrected chi connectivity index (χ3v) is 6.80. The lowest BCUT2D eigenvalue weighted by Crippen LogP contribution is -2.56. The molecule has 132 valence electrons. The van der Waals surface area contributed by atoms with Crippen LogP contribution in [-0.4, -0.2) is 73.2 Å². The van der Waals surface area contributed by atoms with Gasteiger partial charge in [-0.05, 0) is 37.5 Å². The quantitative estimate of drug-likeness (QED) is 0.738. The van der Waals surface area contributed by atoms with Crippen molar-refractivity contribution < 1.29 is 19.1 Å². The Bertz CT molecular complexity index is 537. The highest BCUT2D eigenvalue weighted by molar-refractivity contribution is 5.85. The molecule has 5 aliphatic rings. The van der Waals surface area contributed by atoms with E-state index in [4.69, 9.17) is 9.47 Å². The van der Waals surface area contributed by atoms with E-state index in [0.717, 1.165) is 52.0 Å². The summed E-state index contributed by atoms with van der Waals surface area (Å²) in [7, 11) is 0. The summed E-state index contributed by atoms with van der Waals surface area (Å²) in [5.41, 5.74) is 0. The van der Waals surface area contributed by atoms with Crippen molar-refractivity contribution in [3.63, 3.8) is 0 Å². The van der Waals surface area contributed by atoms with Crippen LogP contribution in [0.25, 0.3) is 0 Å². The molecule has 24 heavy (non-hydrogen) atoms. The fourth-order valence-corrected chi connectivity index (χ4v) is 5.37. The van der Waals surface area contributed by atoms with Crippen molar-refractivity contribution in [3.8, 4) is 0 Å². The van der Waals surface area contributed by atoms with Crippen LogP contribution in [-0.2, 0) is 19.1 Å². The number of ether oxygens (including phenoxy) is 2. The highest BCUT2D eigenvalue weighted by Crippen LogP contribution is 2.52. The monoisotopic (exact) mass is 334 g/mol. The number of carbonyl (C=O) groups excluding carboxylic acids is 2. The molecule has 1 saturated carbocycles. The third-order valence-electron chi connectivity index (χ3n) is 6.80. The summed E-state index contributed by atoms with van der Waals surface area (Å²) in [4.78, 5) is 30.0. The van der Waals surface area contributed by atoms with Gasteiger partial charge in [0, 0.05) is 32.2 Å². The summed E-state index contributed by atoms with van der Waals surface area (Å²) in [6, 6.07) is 0.183. The molecule has 4 saturated heterocycles. The van der Waals surface area contributed by atoms with E-state index < -0.39 is 0 Å². The molecular weight excluding hydrogens is 308 g/mol. The van der Waals surface area contributed by atoms with E-state index in [1.54, 1.807) is 0 Å². The van der Waals surface area contributed by atoms with Gasteiger partial charge in [0.05, 0.1) is 31.3 Å². The smallest absolute Gasteiger partial charge is 0.227 e. The molecule has 4 heterocycles. The van der Waals surface area contributed by atoms with Gasteiger partial charge in [-0.1, -0.05) is 0 Å². The summed E-state index contributed by atoms with van der Waals surface area (Å²) in [6.07, 6.45) is 3.96. The number of rotatable bonds is 2. The van der Waals surface area contributed by atoms with Gasteiger partial charge in [0.25, 0.3) is 0 Å². The Labute approximate surface area is 142 Å². The number of carbonyl (C=O) groups is 2. The standard InChI is InChI=1S/C18H26N2O4/c21-17(19-4-1-2-5-19)11-7-15-14(3-6-24-15)20(8-11)18(22)16-12-9-23-10-13(12)16/h11-16H,1-10H2/t11-,12-,13+,14-,15-,16?/m1/s1. The first-order chi connectivity index (χ1) is 11.7. The Balaban J connectivity index is 1.33. The number of hydrogen-bond donors (Lipinski definition) is 0. The molecule has 1 aliphatic carbocycles. The van der Waals surface area contributed by atoms with E-state index >= 15 is 0 Å². The van der Waals surface area contributed by atoms with Gasteiger partial charge >= 0.3 is 0 Å². The zero-order valence-corrected chi connectivity index (χ0v) is 14.1. The average Bonchev–Trinajstić information content (AvgIpc) is 3.15. The summed E-state index contributed by atoms with van der Waals surface area (Å²) in [5.74, 6) is 1.40. The van der Waals surface area contributed by atoms with Gasteiger partial charge in [0.15, 0.2) is 0 Å². The fourth-order valence-electron chi connectivity index (χ4n) is 5.37.